The number of rotatable bonds is 14. The van der Waals surface area contributed by atoms with Crippen LogP contribution in [-0.4, -0.2) is 116 Å². The van der Waals surface area contributed by atoms with Crippen LogP contribution >= 0.6 is 0 Å². The number of aryl methyl sites for hydroxylation is 2. The van der Waals surface area contributed by atoms with E-state index in [2.05, 4.69) is 151 Å². The molecule has 18 nitrogen and oxygen atoms in total. The molecule has 13 aliphatic rings. The van der Waals surface area contributed by atoms with Gasteiger partial charge in [0.05, 0.1) is 70.2 Å². The summed E-state index contributed by atoms with van der Waals surface area (Å²) in [5.41, 5.74) is 20.3. The standard InChI is InChI=1S/C16H21BO3.2C16H23BO3.C16H21BO3.C15H21BO3.C15H19BO3/c1-4-12-14-11(10-5-6-10)7-8-13-15(14)17(19-12)20-16(2,3)9-18-13;1-6-12-14-11(10(2)3)7-8-13-15(14)17(19-12)20-16(4,5)9-18-13;2*1-5-7-11-8-9-13-15-14(11)12(6-2)19-17(15)20-16(3,4)10-18-13;2*1-5-10-7-8-12-14-13(10)11(6-2)18-16(14)19-15(3,4)9-17-12/h7-8,10,12H,4-6,9H2,1-3H3;7-8,10,12H,6,9H2,1-5H3;8-9,12H,5-7,10H2,1-4H3;5,8-9,12H,1,6-7,10H2,2-4H3;7-8,11H,5-6,9H2,1-4H3;5,7-8,11H,1,6,9H2,2-4H3/t4*12-;2*11-/m111111/s1. The van der Waals surface area contributed by atoms with Crippen molar-refractivity contribution in [1.82, 2.24) is 0 Å². The van der Waals surface area contributed by atoms with E-state index in [1.165, 1.54) is 74.0 Å². The van der Waals surface area contributed by atoms with Crippen molar-refractivity contribution in [3.63, 3.8) is 0 Å². The fourth-order valence-electron chi connectivity index (χ4n) is 18.4. The van der Waals surface area contributed by atoms with Crippen molar-refractivity contribution in [2.75, 3.05) is 39.6 Å². The number of benzene rings is 6. The van der Waals surface area contributed by atoms with E-state index in [0.717, 1.165) is 143 Å². The summed E-state index contributed by atoms with van der Waals surface area (Å²) in [4.78, 5) is 0. The fraction of sp³-hybridized carbons (Fsp3) is 0.574. The van der Waals surface area contributed by atoms with Crippen LogP contribution in [0.2, 0.25) is 0 Å². The number of allylic oxidation sites excluding steroid dienone is 1. The SMILES string of the molecule is C=CCc1ccc2c3c1[C@@H](CC)OB3OC(C)(C)CO2.C=Cc1ccc2c3c1[C@@H](CC)OB3OC(C)(C)CO2.CCCc1ccc2c3c1[C@@H](CC)OB3OC(C)(C)CO2.CC[C@H]1OB2OC(C)(C)COc3ccc(C(C)C)c1c32.CC[C@H]1OB2OC(C)(C)COc3ccc(C4CC4)c1c32.CCc1ccc2c3c1[C@@H](CC)OB3OC(C)(C)CO2. The Morgan fingerprint density at radius 3 is 0.975 bits per heavy atom. The Kier molecular flexibility index (Phi) is 26.3. The minimum atomic E-state index is -0.349. The van der Waals surface area contributed by atoms with Gasteiger partial charge in [0, 0.05) is 32.8 Å². The van der Waals surface area contributed by atoms with Crippen LogP contribution in [0, 0.1) is 0 Å². The van der Waals surface area contributed by atoms with Gasteiger partial charge in [-0.3, -0.25) is 0 Å². The van der Waals surface area contributed by atoms with Gasteiger partial charge < -0.3 is 84.3 Å². The third kappa shape index (κ3) is 18.2. The first kappa shape index (κ1) is 87.8. The lowest BCUT2D eigenvalue weighted by molar-refractivity contribution is 0.0263. The Hall–Kier alpha value is -6.49. The summed E-state index contributed by atoms with van der Waals surface area (Å²) in [6, 6.07) is 25.4. The lowest BCUT2D eigenvalue weighted by atomic mass is 9.74. The van der Waals surface area contributed by atoms with Crippen molar-refractivity contribution >= 4 is 81.6 Å². The Morgan fingerprint density at radius 2 is 0.636 bits per heavy atom. The topological polar surface area (TPSA) is 166 Å². The van der Waals surface area contributed by atoms with Gasteiger partial charge in [0.1, 0.15) is 74.1 Å². The van der Waals surface area contributed by atoms with E-state index in [4.69, 9.17) is 84.3 Å². The zero-order valence-corrected chi connectivity index (χ0v) is 74.7. The molecule has 12 aliphatic heterocycles. The number of ether oxygens (including phenoxy) is 6. The Labute approximate surface area is 706 Å². The molecule has 1 saturated carbocycles. The molecule has 24 heteroatoms. The first-order valence-electron chi connectivity index (χ1n) is 44.2. The van der Waals surface area contributed by atoms with E-state index >= 15 is 0 Å². The summed E-state index contributed by atoms with van der Waals surface area (Å²) in [6.07, 6.45) is 16.9. The second-order valence-corrected chi connectivity index (χ2v) is 37.5. The molecule has 12 heterocycles. The molecule has 0 radical (unpaired) electrons. The highest BCUT2D eigenvalue weighted by molar-refractivity contribution is 6.67. The summed E-state index contributed by atoms with van der Waals surface area (Å²) in [5.74, 6) is 6.73. The van der Waals surface area contributed by atoms with Crippen LogP contribution in [0.4, 0.5) is 0 Å². The van der Waals surface area contributed by atoms with Crippen molar-refractivity contribution in [2.24, 2.45) is 0 Å². The molecular weight excluding hydrogens is 1480 g/mol. The maximum Gasteiger partial charge on any atom is 0.499 e. The molecule has 118 heavy (non-hydrogen) atoms. The molecule has 0 unspecified atom stereocenters. The van der Waals surface area contributed by atoms with Crippen molar-refractivity contribution in [3.05, 3.63) is 159 Å². The lowest BCUT2D eigenvalue weighted by Crippen LogP contribution is -2.40. The van der Waals surface area contributed by atoms with Crippen molar-refractivity contribution in [3.8, 4) is 34.5 Å². The molecule has 0 N–H and O–H groups in total. The van der Waals surface area contributed by atoms with Gasteiger partial charge in [-0.15, -0.1) is 6.58 Å². The average molecular weight is 1610 g/mol. The molecule has 1 fully saturated rings. The van der Waals surface area contributed by atoms with Crippen LogP contribution in [0.5, 0.6) is 34.5 Å². The van der Waals surface area contributed by atoms with Crippen LogP contribution in [0.1, 0.15) is 325 Å². The van der Waals surface area contributed by atoms with E-state index < -0.39 is 0 Å². The molecule has 0 spiro atoms. The van der Waals surface area contributed by atoms with E-state index in [0.29, 0.717) is 45.6 Å². The molecule has 19 rings (SSSR count). The van der Waals surface area contributed by atoms with E-state index in [1.807, 2.05) is 99.6 Å². The molecule has 0 bridgehead atoms. The number of hydrogen-bond donors (Lipinski definition) is 0. The van der Waals surface area contributed by atoms with E-state index in [1.54, 1.807) is 0 Å². The van der Waals surface area contributed by atoms with Crippen LogP contribution in [0.3, 0.4) is 0 Å². The van der Waals surface area contributed by atoms with Crippen LogP contribution < -0.4 is 61.2 Å². The van der Waals surface area contributed by atoms with Gasteiger partial charge in [0.2, 0.25) is 0 Å². The molecule has 6 aromatic carbocycles. The Bertz CT molecular complexity index is 4540. The monoisotopic (exact) mass is 1610 g/mol. The van der Waals surface area contributed by atoms with Crippen LogP contribution in [0.25, 0.3) is 6.08 Å². The third-order valence-electron chi connectivity index (χ3n) is 24.3. The van der Waals surface area contributed by atoms with Gasteiger partial charge in [-0.2, -0.15) is 0 Å². The molecule has 630 valence electrons. The molecule has 0 amide bonds. The minimum absolute atomic E-state index is 0.0606. The van der Waals surface area contributed by atoms with Gasteiger partial charge >= 0.3 is 42.7 Å². The molecule has 0 saturated heterocycles. The zero-order valence-electron chi connectivity index (χ0n) is 74.7. The fourth-order valence-corrected chi connectivity index (χ4v) is 18.4. The summed E-state index contributed by atoms with van der Waals surface area (Å²) in [6.45, 7) is 57.3. The van der Waals surface area contributed by atoms with Crippen molar-refractivity contribution < 1.29 is 84.3 Å². The first-order chi connectivity index (χ1) is 56.2. The normalized spacial score (nSPS) is 24.0. The lowest BCUT2D eigenvalue weighted by Gasteiger charge is -2.25. The smallest absolute Gasteiger partial charge is 0.491 e. The summed E-state index contributed by atoms with van der Waals surface area (Å²) in [7, 11) is -1.75. The highest BCUT2D eigenvalue weighted by Crippen LogP contribution is 2.49. The van der Waals surface area contributed by atoms with Crippen LogP contribution in [0.15, 0.2) is 92.0 Å². The van der Waals surface area contributed by atoms with E-state index in [9.17, 15) is 0 Å². The second kappa shape index (κ2) is 35.4. The zero-order chi connectivity index (χ0) is 84.3. The van der Waals surface area contributed by atoms with E-state index in [-0.39, 0.29) is 113 Å². The highest BCUT2D eigenvalue weighted by Gasteiger charge is 2.53. The summed E-state index contributed by atoms with van der Waals surface area (Å²) < 4.78 is 109. The Morgan fingerprint density at radius 1 is 0.347 bits per heavy atom. The largest absolute Gasteiger partial charge is 0.499 e. The van der Waals surface area contributed by atoms with Gasteiger partial charge in [0.15, 0.2) is 0 Å². The van der Waals surface area contributed by atoms with Gasteiger partial charge in [-0.1, -0.05) is 131 Å². The predicted molar refractivity (Wildman–Crippen MR) is 473 cm³/mol. The summed E-state index contributed by atoms with van der Waals surface area (Å²) >= 11 is 0. The number of hydrogen-bond acceptors (Lipinski definition) is 18. The molecule has 6 aromatic rings. The average Bonchev–Trinajstić information content (AvgIpc) is 1.53. The van der Waals surface area contributed by atoms with Gasteiger partial charge in [-0.05, 0) is 269 Å². The van der Waals surface area contributed by atoms with Crippen molar-refractivity contribution in [2.45, 2.75) is 311 Å². The van der Waals surface area contributed by atoms with Crippen molar-refractivity contribution in [1.29, 1.82) is 0 Å². The second-order valence-electron chi connectivity index (χ2n) is 37.5. The van der Waals surface area contributed by atoms with Crippen LogP contribution in [-0.2, 0) is 75.1 Å². The quantitative estimate of drug-likeness (QED) is 0.0746. The maximum atomic E-state index is 6.19. The Balaban J connectivity index is 0.000000116. The van der Waals surface area contributed by atoms with Gasteiger partial charge in [0.25, 0.3) is 0 Å². The predicted octanol–water partition coefficient (Wildman–Crippen LogP) is 17.2. The molecule has 6 atom stereocenters. The molecule has 1 aliphatic carbocycles. The maximum absolute atomic E-state index is 6.19. The minimum Gasteiger partial charge on any atom is -0.491 e. The summed E-state index contributed by atoms with van der Waals surface area (Å²) in [5, 5.41) is 0. The molecule has 0 aromatic heterocycles. The molecular formula is C94H128B6O18. The van der Waals surface area contributed by atoms with Gasteiger partial charge in [-0.25, -0.2) is 0 Å². The third-order valence-corrected chi connectivity index (χ3v) is 24.3. The highest BCUT2D eigenvalue weighted by atomic mass is 16.7. The first-order valence-corrected chi connectivity index (χ1v) is 44.2.